The highest BCUT2D eigenvalue weighted by Crippen LogP contribution is 2.31. The third kappa shape index (κ3) is 7.05. The van der Waals surface area contributed by atoms with Gasteiger partial charge in [-0.1, -0.05) is 37.3 Å². The maximum atomic E-state index is 11.8. The zero-order chi connectivity index (χ0) is 31.2. The molecule has 0 amide bonds. The van der Waals surface area contributed by atoms with Crippen LogP contribution in [-0.2, 0) is 29.0 Å². The Kier molecular flexibility index (Phi) is 10.2. The third-order valence-corrected chi connectivity index (χ3v) is 8.33. The number of hydrogen-bond donors (Lipinski definition) is 1. The van der Waals surface area contributed by atoms with E-state index in [1.54, 1.807) is 6.07 Å². The maximum absolute atomic E-state index is 11.8. The van der Waals surface area contributed by atoms with Gasteiger partial charge in [-0.15, -0.1) is 0 Å². The Morgan fingerprint density at radius 1 is 1.23 bits per heavy atom. The predicted octanol–water partition coefficient (Wildman–Crippen LogP) is 6.59. The van der Waals surface area contributed by atoms with Gasteiger partial charge in [0.2, 0.25) is 5.88 Å². The van der Waals surface area contributed by atoms with Gasteiger partial charge >= 0.3 is 5.97 Å². The van der Waals surface area contributed by atoms with Gasteiger partial charge in [-0.2, -0.15) is 9.78 Å². The minimum atomic E-state index is -1.10. The zero-order valence-corrected chi connectivity index (χ0v) is 26.5. The van der Waals surface area contributed by atoms with Gasteiger partial charge in [0.25, 0.3) is 0 Å². The molecule has 1 aromatic carbocycles. The molecule has 9 nitrogen and oxygen atoms in total. The van der Waals surface area contributed by atoms with Crippen LogP contribution in [0.1, 0.15) is 86.6 Å². The van der Waals surface area contributed by atoms with Crippen LogP contribution in [0.2, 0.25) is 0 Å². The van der Waals surface area contributed by atoms with Crippen molar-refractivity contribution in [1.82, 2.24) is 19.7 Å². The van der Waals surface area contributed by atoms with Gasteiger partial charge in [0.05, 0.1) is 24.6 Å². The minimum absolute atomic E-state index is 0.0105. The van der Waals surface area contributed by atoms with E-state index in [1.807, 2.05) is 39.0 Å². The number of rotatable bonds is 11. The fourth-order valence-electron chi connectivity index (χ4n) is 5.86. The Morgan fingerprint density at radius 3 is 2.77 bits per heavy atom. The molecule has 44 heavy (non-hydrogen) atoms. The number of pyridine rings is 1. The highest BCUT2D eigenvalue weighted by Gasteiger charge is 2.26. The number of aromatic carboxylic acids is 1. The molecule has 9 heteroatoms. The molecule has 2 aliphatic heterocycles. The van der Waals surface area contributed by atoms with Crippen molar-refractivity contribution in [2.75, 3.05) is 19.8 Å². The second kappa shape index (κ2) is 14.2. The number of allylic oxidation sites excluding steroid dienone is 3. The number of carbonyl (C=O) groups is 1. The van der Waals surface area contributed by atoms with E-state index >= 15 is 0 Å². The first-order valence-electron chi connectivity index (χ1n) is 15.7. The van der Waals surface area contributed by atoms with E-state index in [-0.39, 0.29) is 17.5 Å². The molecule has 234 valence electrons. The number of ether oxygens (including phenoxy) is 3. The second-order valence-corrected chi connectivity index (χ2v) is 11.8. The molecule has 0 unspecified atom stereocenters. The van der Waals surface area contributed by atoms with E-state index in [9.17, 15) is 9.90 Å². The first-order valence-corrected chi connectivity index (χ1v) is 15.7. The second-order valence-electron chi connectivity index (χ2n) is 11.8. The first-order chi connectivity index (χ1) is 21.3. The summed E-state index contributed by atoms with van der Waals surface area (Å²) >= 11 is 0. The molecule has 2 aromatic heterocycles. The van der Waals surface area contributed by atoms with Crippen molar-refractivity contribution >= 4 is 11.5 Å². The molecule has 0 spiro atoms. The fraction of sp³-hybridized carbons (Fsp3) is 0.457. The van der Waals surface area contributed by atoms with Crippen LogP contribution >= 0.6 is 0 Å². The van der Waals surface area contributed by atoms with E-state index in [4.69, 9.17) is 19.2 Å². The lowest BCUT2D eigenvalue weighted by molar-refractivity contribution is 0.0125. The van der Waals surface area contributed by atoms with Crippen LogP contribution in [0.5, 0.6) is 5.88 Å². The molecule has 1 N–H and O–H groups in total. The summed E-state index contributed by atoms with van der Waals surface area (Å²) in [5, 5.41) is 14.0. The monoisotopic (exact) mass is 600 g/mol. The molecule has 0 aliphatic carbocycles. The maximum Gasteiger partial charge on any atom is 0.342 e. The van der Waals surface area contributed by atoms with Crippen molar-refractivity contribution in [1.29, 1.82) is 0 Å². The number of hydrogen-bond acceptors (Lipinski definition) is 7. The van der Waals surface area contributed by atoms with Crippen LogP contribution < -0.4 is 4.74 Å². The molecule has 0 bridgehead atoms. The van der Waals surface area contributed by atoms with Crippen molar-refractivity contribution in [2.24, 2.45) is 0 Å². The summed E-state index contributed by atoms with van der Waals surface area (Å²) in [4.78, 5) is 19.3. The quantitative estimate of drug-likeness (QED) is 0.194. The van der Waals surface area contributed by atoms with Crippen molar-refractivity contribution in [3.63, 3.8) is 0 Å². The van der Waals surface area contributed by atoms with E-state index in [1.165, 1.54) is 28.4 Å². The Labute approximate surface area is 260 Å². The molecule has 1 atom stereocenters. The lowest BCUT2D eigenvalue weighted by atomic mass is 9.95. The van der Waals surface area contributed by atoms with Crippen molar-refractivity contribution in [3.8, 4) is 11.7 Å². The van der Waals surface area contributed by atoms with E-state index in [2.05, 4.69) is 42.0 Å². The fourth-order valence-corrected chi connectivity index (χ4v) is 5.86. The summed E-state index contributed by atoms with van der Waals surface area (Å²) in [6.45, 7) is 14.1. The SMILES string of the molecule is C/C=C(\C(OCc1ccc2c(c1)CCN([C@@H]1CCCOC1)C2)=C(\C)CC)c1cccc(-n2ncc(C(=O)O)c2OC(C)C)n1. The summed E-state index contributed by atoms with van der Waals surface area (Å²) in [7, 11) is 0. The topological polar surface area (TPSA) is 98.9 Å². The minimum Gasteiger partial charge on any atom is -0.488 e. The molecule has 0 saturated carbocycles. The molecule has 0 radical (unpaired) electrons. The molecule has 1 saturated heterocycles. The van der Waals surface area contributed by atoms with Crippen LogP contribution in [0.15, 0.2) is 60.0 Å². The molecular weight excluding hydrogens is 556 g/mol. The molecular formula is C35H44N4O5. The molecule has 5 rings (SSSR count). The van der Waals surface area contributed by atoms with Crippen LogP contribution in [0.25, 0.3) is 11.4 Å². The molecule has 1 fully saturated rings. The number of benzene rings is 1. The van der Waals surface area contributed by atoms with E-state index < -0.39 is 5.97 Å². The van der Waals surface area contributed by atoms with Gasteiger partial charge in [0.15, 0.2) is 5.82 Å². The highest BCUT2D eigenvalue weighted by atomic mass is 16.5. The number of nitrogens with zero attached hydrogens (tertiary/aromatic N) is 4. The Hall–Kier alpha value is -3.95. The summed E-state index contributed by atoms with van der Waals surface area (Å²) in [5.41, 5.74) is 6.61. The number of carboxylic acids is 1. The molecule has 4 heterocycles. The number of aromatic nitrogens is 3. The van der Waals surface area contributed by atoms with Gasteiger partial charge in [-0.05, 0) is 87.8 Å². The van der Waals surface area contributed by atoms with Gasteiger partial charge in [0, 0.05) is 31.3 Å². The Bertz CT molecular complexity index is 1530. The smallest absolute Gasteiger partial charge is 0.342 e. The largest absolute Gasteiger partial charge is 0.488 e. The van der Waals surface area contributed by atoms with Gasteiger partial charge < -0.3 is 19.3 Å². The van der Waals surface area contributed by atoms with Crippen molar-refractivity contribution < 1.29 is 24.1 Å². The van der Waals surface area contributed by atoms with E-state index in [0.29, 0.717) is 24.2 Å². The normalized spacial score (nSPS) is 18.1. The zero-order valence-electron chi connectivity index (χ0n) is 26.5. The molecule has 3 aromatic rings. The van der Waals surface area contributed by atoms with Gasteiger partial charge in [0.1, 0.15) is 17.9 Å². The van der Waals surface area contributed by atoms with Crippen LogP contribution in [0.4, 0.5) is 0 Å². The average molecular weight is 601 g/mol. The Balaban J connectivity index is 1.35. The molecule has 2 aliphatic rings. The number of fused-ring (bicyclic) bond motifs is 1. The van der Waals surface area contributed by atoms with Gasteiger partial charge in [-0.25, -0.2) is 9.78 Å². The van der Waals surface area contributed by atoms with Crippen molar-refractivity contribution in [2.45, 2.75) is 85.6 Å². The van der Waals surface area contributed by atoms with Gasteiger partial charge in [-0.3, -0.25) is 4.90 Å². The lowest BCUT2D eigenvalue weighted by Gasteiger charge is -2.37. The highest BCUT2D eigenvalue weighted by molar-refractivity contribution is 5.90. The summed E-state index contributed by atoms with van der Waals surface area (Å²) in [6.07, 6.45) is 7.29. The predicted molar refractivity (Wildman–Crippen MR) is 170 cm³/mol. The lowest BCUT2D eigenvalue weighted by Crippen LogP contribution is -2.43. The number of carboxylic acid groups (broad SMARTS) is 1. The van der Waals surface area contributed by atoms with E-state index in [0.717, 1.165) is 68.0 Å². The van der Waals surface area contributed by atoms with Crippen LogP contribution in [0, 0.1) is 0 Å². The Morgan fingerprint density at radius 2 is 2.07 bits per heavy atom. The third-order valence-electron chi connectivity index (χ3n) is 8.33. The van der Waals surface area contributed by atoms with Crippen molar-refractivity contribution in [3.05, 3.63) is 88.0 Å². The summed E-state index contributed by atoms with van der Waals surface area (Å²) < 4.78 is 19.6. The average Bonchev–Trinajstić information content (AvgIpc) is 3.46. The van der Waals surface area contributed by atoms with Crippen LogP contribution in [0.3, 0.4) is 0 Å². The standard InChI is InChI=1S/C35H44N4O5/c1-6-24(5)33(43-21-25-13-14-27-20-38(16-15-26(27)18-25)28-10-9-17-42-22-28)29(7-2)31-11-8-12-32(37-31)39-34(44-23(3)4)30(19-36-39)35(40)41/h7-8,11-14,18-19,23,28H,6,9-10,15-17,20-22H2,1-5H3,(H,40,41)/b29-7-,33-24+/t28-/m1/s1. The first kappa shape index (κ1) is 31.5. The van der Waals surface area contributed by atoms with Crippen LogP contribution in [-0.4, -0.2) is 62.6 Å². The summed E-state index contributed by atoms with van der Waals surface area (Å²) in [5.74, 6) is 0.305. The summed E-state index contributed by atoms with van der Waals surface area (Å²) in [6, 6.07) is 12.9.